The maximum atomic E-state index is 9.83. The number of piperidine rings is 1. The van der Waals surface area contributed by atoms with E-state index in [4.69, 9.17) is 0 Å². The quantitative estimate of drug-likeness (QED) is 0.771. The molecule has 1 aliphatic rings. The molecule has 1 aromatic rings. The van der Waals surface area contributed by atoms with Crippen LogP contribution in [0.3, 0.4) is 0 Å². The van der Waals surface area contributed by atoms with Crippen molar-refractivity contribution in [1.82, 2.24) is 5.32 Å². The SMILES string of the molecule is Cc1ccc(C2NCCCC2O)cc1.Cl. The van der Waals surface area contributed by atoms with Gasteiger partial charge < -0.3 is 10.4 Å². The number of aliphatic hydroxyl groups excluding tert-OH is 1. The maximum absolute atomic E-state index is 9.83. The number of rotatable bonds is 1. The van der Waals surface area contributed by atoms with Gasteiger partial charge in [0.05, 0.1) is 12.1 Å². The Bertz CT molecular complexity index is 299. The molecule has 2 N–H and O–H groups in total. The topological polar surface area (TPSA) is 32.3 Å². The first kappa shape index (κ1) is 12.5. The molecule has 1 aliphatic heterocycles. The molecule has 3 heteroatoms. The summed E-state index contributed by atoms with van der Waals surface area (Å²) in [5.74, 6) is 0. The minimum Gasteiger partial charge on any atom is -0.391 e. The number of aryl methyl sites for hydroxylation is 1. The Morgan fingerprint density at radius 3 is 2.53 bits per heavy atom. The Labute approximate surface area is 97.1 Å². The van der Waals surface area contributed by atoms with Gasteiger partial charge >= 0.3 is 0 Å². The van der Waals surface area contributed by atoms with Gasteiger partial charge in [0.25, 0.3) is 0 Å². The van der Waals surface area contributed by atoms with Gasteiger partial charge in [-0.3, -0.25) is 0 Å². The van der Waals surface area contributed by atoms with Crippen molar-refractivity contribution in [1.29, 1.82) is 0 Å². The van der Waals surface area contributed by atoms with Crippen molar-refractivity contribution in [2.75, 3.05) is 6.54 Å². The van der Waals surface area contributed by atoms with Crippen LogP contribution >= 0.6 is 12.4 Å². The van der Waals surface area contributed by atoms with Gasteiger partial charge in [0, 0.05) is 0 Å². The molecule has 0 aromatic heterocycles. The smallest absolute Gasteiger partial charge is 0.0735 e. The molecule has 0 amide bonds. The normalized spacial score (nSPS) is 25.7. The molecule has 0 saturated carbocycles. The van der Waals surface area contributed by atoms with E-state index in [-0.39, 0.29) is 24.6 Å². The first-order valence-electron chi connectivity index (χ1n) is 5.25. The molecule has 1 saturated heterocycles. The van der Waals surface area contributed by atoms with Crippen molar-refractivity contribution in [3.05, 3.63) is 35.4 Å². The molecule has 84 valence electrons. The van der Waals surface area contributed by atoms with Crippen molar-refractivity contribution >= 4 is 12.4 Å². The summed E-state index contributed by atoms with van der Waals surface area (Å²) in [6.45, 7) is 3.09. The van der Waals surface area contributed by atoms with Crippen LogP contribution in [0.4, 0.5) is 0 Å². The van der Waals surface area contributed by atoms with E-state index in [1.165, 1.54) is 11.1 Å². The summed E-state index contributed by atoms with van der Waals surface area (Å²) in [6.07, 6.45) is 1.75. The van der Waals surface area contributed by atoms with Crippen LogP contribution in [0.2, 0.25) is 0 Å². The standard InChI is InChI=1S/C12H17NO.ClH/c1-9-4-6-10(7-5-9)12-11(14)3-2-8-13-12;/h4-7,11-14H,2-3,8H2,1H3;1H. The number of hydrogen-bond acceptors (Lipinski definition) is 2. The monoisotopic (exact) mass is 227 g/mol. The third-order valence-corrected chi connectivity index (χ3v) is 2.86. The highest BCUT2D eigenvalue weighted by atomic mass is 35.5. The summed E-state index contributed by atoms with van der Waals surface area (Å²) < 4.78 is 0. The fourth-order valence-electron chi connectivity index (χ4n) is 1.99. The lowest BCUT2D eigenvalue weighted by Crippen LogP contribution is -2.37. The third-order valence-electron chi connectivity index (χ3n) is 2.86. The summed E-state index contributed by atoms with van der Waals surface area (Å²) in [5, 5.41) is 13.2. The molecular weight excluding hydrogens is 210 g/mol. The fourth-order valence-corrected chi connectivity index (χ4v) is 1.99. The first-order valence-corrected chi connectivity index (χ1v) is 5.25. The van der Waals surface area contributed by atoms with Crippen molar-refractivity contribution < 1.29 is 5.11 Å². The second-order valence-corrected chi connectivity index (χ2v) is 4.05. The zero-order valence-corrected chi connectivity index (χ0v) is 9.76. The van der Waals surface area contributed by atoms with Crippen LogP contribution in [-0.4, -0.2) is 17.8 Å². The van der Waals surface area contributed by atoms with E-state index in [0.717, 1.165) is 19.4 Å². The summed E-state index contributed by atoms with van der Waals surface area (Å²) in [4.78, 5) is 0. The van der Waals surface area contributed by atoms with E-state index in [1.54, 1.807) is 0 Å². The van der Waals surface area contributed by atoms with Gasteiger partial charge in [0.1, 0.15) is 0 Å². The van der Waals surface area contributed by atoms with Crippen LogP contribution in [0.15, 0.2) is 24.3 Å². The van der Waals surface area contributed by atoms with E-state index in [0.29, 0.717) is 0 Å². The van der Waals surface area contributed by atoms with Crippen LogP contribution in [-0.2, 0) is 0 Å². The van der Waals surface area contributed by atoms with Crippen molar-refractivity contribution in [3.8, 4) is 0 Å². The number of benzene rings is 1. The molecule has 2 atom stereocenters. The lowest BCUT2D eigenvalue weighted by atomic mass is 9.94. The molecule has 0 spiro atoms. The van der Waals surface area contributed by atoms with Crippen LogP contribution in [0.25, 0.3) is 0 Å². The van der Waals surface area contributed by atoms with E-state index >= 15 is 0 Å². The van der Waals surface area contributed by atoms with Crippen molar-refractivity contribution in [2.24, 2.45) is 0 Å². The molecule has 0 radical (unpaired) electrons. The highest BCUT2D eigenvalue weighted by Gasteiger charge is 2.23. The predicted octanol–water partition coefficient (Wildman–Crippen LogP) is 2.20. The average Bonchev–Trinajstić information content (AvgIpc) is 2.20. The summed E-state index contributed by atoms with van der Waals surface area (Å²) in [5.41, 5.74) is 2.46. The Hall–Kier alpha value is -0.570. The van der Waals surface area contributed by atoms with Crippen LogP contribution < -0.4 is 5.32 Å². The summed E-state index contributed by atoms with van der Waals surface area (Å²) >= 11 is 0. The minimum absolute atomic E-state index is 0. The van der Waals surface area contributed by atoms with Gasteiger partial charge in [0.2, 0.25) is 0 Å². The highest BCUT2D eigenvalue weighted by molar-refractivity contribution is 5.85. The van der Waals surface area contributed by atoms with E-state index < -0.39 is 0 Å². The Morgan fingerprint density at radius 2 is 1.93 bits per heavy atom. The Balaban J connectivity index is 0.00000112. The summed E-state index contributed by atoms with van der Waals surface area (Å²) in [7, 11) is 0. The molecule has 1 fully saturated rings. The van der Waals surface area contributed by atoms with E-state index in [9.17, 15) is 5.11 Å². The lowest BCUT2D eigenvalue weighted by molar-refractivity contribution is 0.0965. The average molecular weight is 228 g/mol. The van der Waals surface area contributed by atoms with Gasteiger partial charge in [-0.2, -0.15) is 0 Å². The molecule has 1 aromatic carbocycles. The Morgan fingerprint density at radius 1 is 1.27 bits per heavy atom. The van der Waals surface area contributed by atoms with Crippen LogP contribution in [0, 0.1) is 6.92 Å². The molecule has 2 unspecified atom stereocenters. The van der Waals surface area contributed by atoms with Gasteiger partial charge in [-0.15, -0.1) is 12.4 Å². The third kappa shape index (κ3) is 2.94. The van der Waals surface area contributed by atoms with E-state index in [1.807, 2.05) is 0 Å². The highest BCUT2D eigenvalue weighted by Crippen LogP contribution is 2.23. The number of aliphatic hydroxyl groups is 1. The number of halogens is 1. The van der Waals surface area contributed by atoms with Gasteiger partial charge in [-0.25, -0.2) is 0 Å². The summed E-state index contributed by atoms with van der Waals surface area (Å²) in [6, 6.07) is 8.52. The maximum Gasteiger partial charge on any atom is 0.0735 e. The van der Waals surface area contributed by atoms with Crippen molar-refractivity contribution in [2.45, 2.75) is 31.9 Å². The van der Waals surface area contributed by atoms with Crippen LogP contribution in [0.1, 0.15) is 30.0 Å². The van der Waals surface area contributed by atoms with Gasteiger partial charge in [-0.05, 0) is 31.9 Å². The molecule has 0 bridgehead atoms. The molecule has 2 nitrogen and oxygen atoms in total. The second-order valence-electron chi connectivity index (χ2n) is 4.05. The minimum atomic E-state index is -0.230. The predicted molar refractivity (Wildman–Crippen MR) is 64.4 cm³/mol. The largest absolute Gasteiger partial charge is 0.391 e. The lowest BCUT2D eigenvalue weighted by Gasteiger charge is -2.29. The molecule has 0 aliphatic carbocycles. The zero-order valence-electron chi connectivity index (χ0n) is 8.94. The molecule has 1 heterocycles. The van der Waals surface area contributed by atoms with Crippen LogP contribution in [0.5, 0.6) is 0 Å². The van der Waals surface area contributed by atoms with E-state index in [2.05, 4.69) is 36.5 Å². The first-order chi connectivity index (χ1) is 6.77. The zero-order chi connectivity index (χ0) is 9.97. The molecule has 15 heavy (non-hydrogen) atoms. The fraction of sp³-hybridized carbons (Fsp3) is 0.500. The Kier molecular flexibility index (Phi) is 4.58. The van der Waals surface area contributed by atoms with Crippen molar-refractivity contribution in [3.63, 3.8) is 0 Å². The molecule has 2 rings (SSSR count). The number of nitrogens with one attached hydrogen (secondary N) is 1. The second kappa shape index (κ2) is 5.50. The molecular formula is C12H18ClNO. The number of hydrogen-bond donors (Lipinski definition) is 2. The van der Waals surface area contributed by atoms with Gasteiger partial charge in [-0.1, -0.05) is 29.8 Å². The van der Waals surface area contributed by atoms with Gasteiger partial charge in [0.15, 0.2) is 0 Å².